The van der Waals surface area contributed by atoms with Gasteiger partial charge in [-0.2, -0.15) is 0 Å². The molecule has 0 radical (unpaired) electrons. The summed E-state index contributed by atoms with van der Waals surface area (Å²) in [5, 5.41) is 19.7. The number of aliphatic hydroxyl groups is 2. The van der Waals surface area contributed by atoms with E-state index in [9.17, 15) is 5.11 Å². The van der Waals surface area contributed by atoms with E-state index < -0.39 is 0 Å². The Morgan fingerprint density at radius 1 is 0.404 bits per heavy atom. The highest BCUT2D eigenvalue weighted by atomic mass is 16.3. The molecule has 0 aromatic carbocycles. The largest absolute Gasteiger partial charge is 0.393 e. The van der Waals surface area contributed by atoms with Crippen molar-refractivity contribution in [3.63, 3.8) is 0 Å². The fourth-order valence-electron chi connectivity index (χ4n) is 5.64. The number of rotatable bonds is 26. The van der Waals surface area contributed by atoms with Crippen LogP contribution in [0.1, 0.15) is 172 Å². The number of allylic oxidation sites excluding steroid dienone is 15. The highest BCUT2D eigenvalue weighted by Crippen LogP contribution is 2.20. The molecule has 0 amide bonds. The highest BCUT2D eigenvalue weighted by Gasteiger charge is 2.13. The Morgan fingerprint density at radius 2 is 0.702 bits per heavy atom. The van der Waals surface area contributed by atoms with Crippen LogP contribution in [-0.4, -0.2) is 22.9 Å². The van der Waals surface area contributed by atoms with Crippen LogP contribution in [-0.2, 0) is 0 Å². The van der Waals surface area contributed by atoms with Gasteiger partial charge in [-0.05, 0) is 171 Å². The fourth-order valence-corrected chi connectivity index (χ4v) is 5.64. The molecule has 0 saturated heterocycles. The van der Waals surface area contributed by atoms with Gasteiger partial charge in [0.2, 0.25) is 0 Å². The average Bonchev–Trinajstić information content (AvgIpc) is 2.99. The molecule has 0 aromatic rings. The molecule has 0 heterocycles. The van der Waals surface area contributed by atoms with Gasteiger partial charge in [-0.3, -0.25) is 0 Å². The first-order chi connectivity index (χ1) is 22.3. The summed E-state index contributed by atoms with van der Waals surface area (Å²) in [5.41, 5.74) is 11.5. The van der Waals surface area contributed by atoms with Crippen molar-refractivity contribution in [1.29, 1.82) is 0 Å². The van der Waals surface area contributed by atoms with Crippen LogP contribution in [0.4, 0.5) is 0 Å². The molecule has 0 aromatic heterocycles. The maximum atomic E-state index is 10.8. The SMILES string of the molecule is CC(C)=CCCC(C)=CCCC(C)=CCCC(C)C(O)CCC(C)=CCCC(C)=CCCC(C)=CCCC(C)=CCCC(C)=CCO. The third kappa shape index (κ3) is 28.6. The van der Waals surface area contributed by atoms with Crippen LogP contribution in [0, 0.1) is 5.92 Å². The van der Waals surface area contributed by atoms with Crippen molar-refractivity contribution in [3.8, 4) is 0 Å². The molecule has 47 heavy (non-hydrogen) atoms. The van der Waals surface area contributed by atoms with E-state index in [0.29, 0.717) is 5.92 Å². The van der Waals surface area contributed by atoms with Crippen molar-refractivity contribution in [2.24, 2.45) is 5.92 Å². The number of hydrogen-bond acceptors (Lipinski definition) is 2. The molecule has 0 aliphatic carbocycles. The Hall–Kier alpha value is -2.16. The van der Waals surface area contributed by atoms with E-state index in [0.717, 1.165) is 96.3 Å². The minimum Gasteiger partial charge on any atom is -0.393 e. The lowest BCUT2D eigenvalue weighted by atomic mass is 9.93. The molecule has 0 fully saturated rings. The van der Waals surface area contributed by atoms with Gasteiger partial charge in [0.1, 0.15) is 0 Å². The van der Waals surface area contributed by atoms with Crippen molar-refractivity contribution < 1.29 is 10.2 Å². The van der Waals surface area contributed by atoms with Gasteiger partial charge in [0.25, 0.3) is 0 Å². The van der Waals surface area contributed by atoms with E-state index in [2.05, 4.69) is 112 Å². The van der Waals surface area contributed by atoms with Gasteiger partial charge in [0.05, 0.1) is 12.7 Å². The molecule has 0 rings (SSSR count). The lowest BCUT2D eigenvalue weighted by Gasteiger charge is -2.18. The summed E-state index contributed by atoms with van der Waals surface area (Å²) in [7, 11) is 0. The summed E-state index contributed by atoms with van der Waals surface area (Å²) >= 11 is 0. The topological polar surface area (TPSA) is 40.5 Å². The monoisotopic (exact) mass is 649 g/mol. The van der Waals surface area contributed by atoms with Gasteiger partial charge >= 0.3 is 0 Å². The van der Waals surface area contributed by atoms with Crippen molar-refractivity contribution >= 4 is 0 Å². The molecule has 2 atom stereocenters. The zero-order valence-electron chi connectivity index (χ0n) is 32.7. The van der Waals surface area contributed by atoms with Crippen LogP contribution in [0.3, 0.4) is 0 Å². The Bertz CT molecular complexity index is 1080. The molecule has 0 spiro atoms. The van der Waals surface area contributed by atoms with Gasteiger partial charge in [-0.25, -0.2) is 0 Å². The Kier molecular flexibility index (Phi) is 27.5. The average molecular weight is 649 g/mol. The quantitative estimate of drug-likeness (QED) is 0.0916. The second kappa shape index (κ2) is 28.8. The molecule has 2 unspecified atom stereocenters. The first kappa shape index (κ1) is 44.8. The third-order valence-corrected chi connectivity index (χ3v) is 9.29. The van der Waals surface area contributed by atoms with E-state index in [1.807, 2.05) is 6.08 Å². The molecule has 0 aliphatic heterocycles. The maximum absolute atomic E-state index is 10.8. The normalized spacial score (nSPS) is 15.7. The van der Waals surface area contributed by atoms with Crippen LogP contribution in [0.25, 0.3) is 0 Å². The molecule has 268 valence electrons. The van der Waals surface area contributed by atoms with E-state index in [-0.39, 0.29) is 12.7 Å². The Morgan fingerprint density at radius 3 is 1.04 bits per heavy atom. The zero-order valence-corrected chi connectivity index (χ0v) is 32.7. The van der Waals surface area contributed by atoms with Gasteiger partial charge in [0, 0.05) is 0 Å². The lowest BCUT2D eigenvalue weighted by Crippen LogP contribution is -2.17. The van der Waals surface area contributed by atoms with Gasteiger partial charge in [-0.1, -0.05) is 100 Å². The van der Waals surface area contributed by atoms with Crippen LogP contribution >= 0.6 is 0 Å². The van der Waals surface area contributed by atoms with Gasteiger partial charge < -0.3 is 10.2 Å². The summed E-state index contributed by atoms with van der Waals surface area (Å²) in [4.78, 5) is 0. The molecule has 2 heteroatoms. The number of hydrogen-bond donors (Lipinski definition) is 2. The van der Waals surface area contributed by atoms with Crippen LogP contribution in [0.15, 0.2) is 93.2 Å². The highest BCUT2D eigenvalue weighted by molar-refractivity contribution is 5.09. The molecule has 2 N–H and O–H groups in total. The van der Waals surface area contributed by atoms with Crippen LogP contribution in [0.2, 0.25) is 0 Å². The standard InChI is InChI=1S/C45H76O2/c1-36(2)18-11-19-37(3)20-12-25-41(7)30-17-31-44(10)45(47)33-32-42(8)28-15-26-39(5)23-13-21-38(4)22-14-24-40(6)27-16-29-43(9)34-35-46/h18,20,22-23,27-28,30,34,44-47H,11-17,19,21,24-26,29,31-33,35H2,1-10H3. The summed E-state index contributed by atoms with van der Waals surface area (Å²) in [6.07, 6.45) is 35.7. The Labute approximate surface area is 293 Å². The summed E-state index contributed by atoms with van der Waals surface area (Å²) < 4.78 is 0. The molecule has 2 nitrogen and oxygen atoms in total. The van der Waals surface area contributed by atoms with Gasteiger partial charge in [-0.15, -0.1) is 0 Å². The van der Waals surface area contributed by atoms with Crippen molar-refractivity contribution in [2.75, 3.05) is 6.61 Å². The van der Waals surface area contributed by atoms with E-state index in [1.54, 1.807) is 0 Å². The van der Waals surface area contributed by atoms with Crippen LogP contribution < -0.4 is 0 Å². The molecular weight excluding hydrogens is 572 g/mol. The lowest BCUT2D eigenvalue weighted by molar-refractivity contribution is 0.104. The zero-order chi connectivity index (χ0) is 35.5. The van der Waals surface area contributed by atoms with Crippen LogP contribution in [0.5, 0.6) is 0 Å². The van der Waals surface area contributed by atoms with E-state index >= 15 is 0 Å². The van der Waals surface area contributed by atoms with Crippen molar-refractivity contribution in [2.45, 2.75) is 178 Å². The minimum absolute atomic E-state index is 0.144. The van der Waals surface area contributed by atoms with Crippen molar-refractivity contribution in [1.82, 2.24) is 0 Å². The second-order valence-electron chi connectivity index (χ2n) is 14.7. The summed E-state index contributed by atoms with van der Waals surface area (Å²) in [5.74, 6) is 0.335. The smallest absolute Gasteiger partial charge is 0.0614 e. The number of aliphatic hydroxyl groups excluding tert-OH is 2. The summed E-state index contributed by atoms with van der Waals surface area (Å²) in [6.45, 7) is 22.3. The second-order valence-corrected chi connectivity index (χ2v) is 14.7. The maximum Gasteiger partial charge on any atom is 0.0614 e. The third-order valence-electron chi connectivity index (χ3n) is 9.29. The first-order valence-electron chi connectivity index (χ1n) is 18.9. The molecule has 0 bridgehead atoms. The van der Waals surface area contributed by atoms with Gasteiger partial charge in [0.15, 0.2) is 0 Å². The van der Waals surface area contributed by atoms with Crippen molar-refractivity contribution in [3.05, 3.63) is 93.2 Å². The van der Waals surface area contributed by atoms with E-state index in [1.165, 1.54) is 51.0 Å². The predicted octanol–water partition coefficient (Wildman–Crippen LogP) is 13.8. The first-order valence-corrected chi connectivity index (χ1v) is 18.9. The molecular formula is C45H76O2. The summed E-state index contributed by atoms with van der Waals surface area (Å²) in [6, 6.07) is 0. The molecule has 0 aliphatic rings. The minimum atomic E-state index is -0.222. The molecule has 0 saturated carbocycles. The predicted molar refractivity (Wildman–Crippen MR) is 212 cm³/mol. The Balaban J connectivity index is 4.25. The fraction of sp³-hybridized carbons (Fsp3) is 0.644. The van der Waals surface area contributed by atoms with E-state index in [4.69, 9.17) is 5.11 Å².